The largest absolute Gasteiger partial charge is 0.463 e. The summed E-state index contributed by atoms with van der Waals surface area (Å²) in [6, 6.07) is 0. The fourth-order valence-corrected chi connectivity index (χ4v) is 1.47. The van der Waals surface area contributed by atoms with E-state index in [1.807, 2.05) is 0 Å². The summed E-state index contributed by atoms with van der Waals surface area (Å²) in [5.41, 5.74) is 0.510. The lowest BCUT2D eigenvalue weighted by atomic mass is 9.97. The normalized spacial score (nSPS) is 22.1. The van der Waals surface area contributed by atoms with Crippen LogP contribution in [0.1, 0.15) is 0 Å². The van der Waals surface area contributed by atoms with Gasteiger partial charge in [-0.3, -0.25) is 0 Å². The van der Waals surface area contributed by atoms with Crippen molar-refractivity contribution in [2.24, 2.45) is 0 Å². The minimum atomic E-state index is -1.39. The lowest BCUT2D eigenvalue weighted by molar-refractivity contribution is -0.0572. The molecule has 0 saturated heterocycles. The van der Waals surface area contributed by atoms with Crippen molar-refractivity contribution < 1.29 is 30.3 Å². The molecule has 15 heavy (non-hydrogen) atoms. The molecule has 0 fully saturated rings. The third-order valence-corrected chi connectivity index (χ3v) is 2.27. The highest BCUT2D eigenvalue weighted by Gasteiger charge is 2.27. The molecule has 6 heteroatoms. The van der Waals surface area contributed by atoms with Gasteiger partial charge in [-0.05, 0) is 5.57 Å². The maximum atomic E-state index is 9.41. The van der Waals surface area contributed by atoms with E-state index in [0.717, 1.165) is 0 Å². The summed E-state index contributed by atoms with van der Waals surface area (Å²) in [4.78, 5) is 0. The highest BCUT2D eigenvalue weighted by atomic mass is 16.6. The highest BCUT2D eigenvalue weighted by Crippen LogP contribution is 2.27. The van der Waals surface area contributed by atoms with Crippen molar-refractivity contribution in [1.82, 2.24) is 0 Å². The van der Waals surface area contributed by atoms with Gasteiger partial charge in [0.25, 0.3) is 0 Å². The first kappa shape index (κ1) is 12.2. The first-order chi connectivity index (χ1) is 7.19. The maximum absolute atomic E-state index is 9.41. The van der Waals surface area contributed by atoms with Crippen LogP contribution < -0.4 is 0 Å². The standard InChI is InChI=1S/C9H14O6/c10-1-5-6(2-11)8(4-13)15-9(14)7(5)3-12/h9-14H,1-4H2. The predicted octanol–water partition coefficient (Wildman–Crippen LogP) is -2.15. The molecule has 1 unspecified atom stereocenters. The summed E-state index contributed by atoms with van der Waals surface area (Å²) in [6.07, 6.45) is -1.39. The molecular formula is C9H14O6. The van der Waals surface area contributed by atoms with Crippen molar-refractivity contribution in [3.8, 4) is 0 Å². The monoisotopic (exact) mass is 218 g/mol. The van der Waals surface area contributed by atoms with Gasteiger partial charge in [0.05, 0.1) is 19.8 Å². The molecule has 0 amide bonds. The van der Waals surface area contributed by atoms with Crippen LogP contribution in [0.4, 0.5) is 0 Å². The molecule has 1 rings (SSSR count). The van der Waals surface area contributed by atoms with Crippen LogP contribution in [0.2, 0.25) is 0 Å². The lowest BCUT2D eigenvalue weighted by Gasteiger charge is -2.27. The van der Waals surface area contributed by atoms with Crippen LogP contribution in [0.25, 0.3) is 0 Å². The van der Waals surface area contributed by atoms with Gasteiger partial charge in [0.2, 0.25) is 6.29 Å². The minimum Gasteiger partial charge on any atom is -0.463 e. The molecule has 0 radical (unpaired) electrons. The van der Waals surface area contributed by atoms with Crippen molar-refractivity contribution >= 4 is 0 Å². The second-order valence-electron chi connectivity index (χ2n) is 3.01. The fraction of sp³-hybridized carbons (Fsp3) is 0.556. The molecule has 0 aromatic rings. The summed E-state index contributed by atoms with van der Waals surface area (Å²) < 4.78 is 4.87. The summed E-state index contributed by atoms with van der Waals surface area (Å²) in [6.45, 7) is -1.87. The molecule has 1 atom stereocenters. The molecule has 0 aliphatic carbocycles. The van der Waals surface area contributed by atoms with E-state index in [4.69, 9.17) is 25.2 Å². The summed E-state index contributed by atoms with van der Waals surface area (Å²) >= 11 is 0. The molecule has 0 spiro atoms. The molecule has 0 bridgehead atoms. The lowest BCUT2D eigenvalue weighted by Crippen LogP contribution is -2.28. The van der Waals surface area contributed by atoms with Gasteiger partial charge in [-0.15, -0.1) is 0 Å². The van der Waals surface area contributed by atoms with Gasteiger partial charge in [-0.25, -0.2) is 0 Å². The number of ether oxygens (including phenoxy) is 1. The smallest absolute Gasteiger partial charge is 0.222 e. The molecule has 86 valence electrons. The Balaban J connectivity index is 3.19. The molecule has 1 heterocycles. The molecular weight excluding hydrogens is 204 g/mol. The summed E-state index contributed by atoms with van der Waals surface area (Å²) in [5, 5.41) is 45.4. The molecule has 0 aromatic carbocycles. The Morgan fingerprint density at radius 3 is 1.87 bits per heavy atom. The highest BCUT2D eigenvalue weighted by molar-refractivity contribution is 5.42. The minimum absolute atomic E-state index is 0.00579. The Morgan fingerprint density at radius 2 is 1.47 bits per heavy atom. The van der Waals surface area contributed by atoms with Crippen LogP contribution in [0.5, 0.6) is 0 Å². The molecule has 5 N–H and O–H groups in total. The van der Waals surface area contributed by atoms with E-state index < -0.39 is 32.7 Å². The van der Waals surface area contributed by atoms with Gasteiger partial charge in [0, 0.05) is 11.1 Å². The van der Waals surface area contributed by atoms with E-state index in [-0.39, 0.29) is 22.5 Å². The average molecular weight is 218 g/mol. The van der Waals surface area contributed by atoms with Crippen LogP contribution >= 0.6 is 0 Å². The number of hydrogen-bond acceptors (Lipinski definition) is 6. The van der Waals surface area contributed by atoms with Crippen molar-refractivity contribution in [3.63, 3.8) is 0 Å². The van der Waals surface area contributed by atoms with E-state index in [9.17, 15) is 5.11 Å². The van der Waals surface area contributed by atoms with Gasteiger partial charge in [0.15, 0.2) is 0 Å². The van der Waals surface area contributed by atoms with E-state index >= 15 is 0 Å². The third-order valence-electron chi connectivity index (χ3n) is 2.27. The zero-order valence-electron chi connectivity index (χ0n) is 8.05. The summed E-state index contributed by atoms with van der Waals surface area (Å²) in [7, 11) is 0. The van der Waals surface area contributed by atoms with Gasteiger partial charge >= 0.3 is 0 Å². The van der Waals surface area contributed by atoms with Gasteiger partial charge in [-0.2, -0.15) is 0 Å². The quantitative estimate of drug-likeness (QED) is 0.368. The Kier molecular flexibility index (Phi) is 4.25. The van der Waals surface area contributed by atoms with Crippen LogP contribution in [0, 0.1) is 0 Å². The Morgan fingerprint density at radius 1 is 0.867 bits per heavy atom. The second-order valence-corrected chi connectivity index (χ2v) is 3.01. The Labute approximate surface area is 86.4 Å². The van der Waals surface area contributed by atoms with Gasteiger partial charge in [0.1, 0.15) is 12.4 Å². The zero-order valence-corrected chi connectivity index (χ0v) is 8.05. The van der Waals surface area contributed by atoms with Gasteiger partial charge in [-0.1, -0.05) is 0 Å². The van der Waals surface area contributed by atoms with Crippen molar-refractivity contribution in [1.29, 1.82) is 0 Å². The van der Waals surface area contributed by atoms with Gasteiger partial charge < -0.3 is 30.3 Å². The summed E-state index contributed by atoms with van der Waals surface area (Å²) in [5.74, 6) is 0.00579. The molecule has 1 aliphatic rings. The van der Waals surface area contributed by atoms with Crippen LogP contribution in [-0.2, 0) is 4.74 Å². The Bertz CT molecular complexity index is 293. The van der Waals surface area contributed by atoms with Crippen molar-refractivity contribution in [3.05, 3.63) is 22.5 Å². The number of rotatable bonds is 4. The molecule has 1 aliphatic heterocycles. The van der Waals surface area contributed by atoms with E-state index in [1.165, 1.54) is 0 Å². The topological polar surface area (TPSA) is 110 Å². The maximum Gasteiger partial charge on any atom is 0.222 e. The molecule has 0 saturated carbocycles. The van der Waals surface area contributed by atoms with E-state index in [0.29, 0.717) is 0 Å². The van der Waals surface area contributed by atoms with E-state index in [1.54, 1.807) is 0 Å². The first-order valence-electron chi connectivity index (χ1n) is 4.42. The first-order valence-corrected chi connectivity index (χ1v) is 4.42. The molecule has 6 nitrogen and oxygen atoms in total. The molecule has 0 aromatic heterocycles. The number of aliphatic hydroxyl groups excluding tert-OH is 5. The Hall–Kier alpha value is -0.920. The van der Waals surface area contributed by atoms with Crippen LogP contribution in [0.3, 0.4) is 0 Å². The average Bonchev–Trinajstić information content (AvgIpc) is 2.27. The second kappa shape index (κ2) is 5.24. The van der Waals surface area contributed by atoms with Crippen molar-refractivity contribution in [2.45, 2.75) is 6.29 Å². The zero-order chi connectivity index (χ0) is 11.4. The number of aliphatic hydroxyl groups is 5. The van der Waals surface area contributed by atoms with Crippen LogP contribution in [-0.4, -0.2) is 58.3 Å². The predicted molar refractivity (Wildman–Crippen MR) is 49.5 cm³/mol. The third kappa shape index (κ3) is 2.19. The van der Waals surface area contributed by atoms with Crippen molar-refractivity contribution in [2.75, 3.05) is 26.4 Å². The fourth-order valence-electron chi connectivity index (χ4n) is 1.47. The van der Waals surface area contributed by atoms with E-state index in [2.05, 4.69) is 0 Å². The number of hydrogen-bond donors (Lipinski definition) is 5. The SMILES string of the molecule is OCC1=C(CO)C(CO)=C(CO)C(O)O1. The van der Waals surface area contributed by atoms with Crippen LogP contribution in [0.15, 0.2) is 22.5 Å².